The molecule has 0 aliphatic rings. The lowest BCUT2D eigenvalue weighted by Crippen LogP contribution is -2.08. The molecule has 0 atom stereocenters. The minimum absolute atomic E-state index is 0.149. The first-order valence-electron chi connectivity index (χ1n) is 3.18. The van der Waals surface area contributed by atoms with E-state index in [9.17, 15) is 4.39 Å². The van der Waals surface area contributed by atoms with Crippen molar-refractivity contribution in [3.8, 4) is 5.75 Å². The summed E-state index contributed by atoms with van der Waals surface area (Å²) in [4.78, 5) is 0. The van der Waals surface area contributed by atoms with Crippen molar-refractivity contribution in [1.82, 2.24) is 0 Å². The lowest BCUT2D eigenvalue weighted by molar-refractivity contribution is 0.414. The van der Waals surface area contributed by atoms with Gasteiger partial charge in [0.05, 0.1) is 17.8 Å². The molecule has 0 aliphatic heterocycles. The van der Waals surface area contributed by atoms with Crippen LogP contribution >= 0.6 is 11.6 Å². The van der Waals surface area contributed by atoms with Gasteiger partial charge in [0.25, 0.3) is 0 Å². The summed E-state index contributed by atoms with van der Waals surface area (Å²) in [6, 6.07) is 2.52. The molecule has 3 N–H and O–H groups in total. The number of anilines is 1. The van der Waals surface area contributed by atoms with Crippen LogP contribution in [0, 0.1) is 5.82 Å². The number of halogens is 2. The van der Waals surface area contributed by atoms with Crippen LogP contribution in [0.25, 0.3) is 0 Å². The van der Waals surface area contributed by atoms with E-state index in [0.717, 1.165) is 6.07 Å². The van der Waals surface area contributed by atoms with Gasteiger partial charge in [-0.05, 0) is 6.07 Å². The Balaban J connectivity index is 3.18. The lowest BCUT2D eigenvalue weighted by atomic mass is 10.3. The van der Waals surface area contributed by atoms with Crippen LogP contribution in [0.3, 0.4) is 0 Å². The molecule has 0 fully saturated rings. The highest BCUT2D eigenvalue weighted by molar-refractivity contribution is 6.32. The number of nitrogens with two attached hydrogens (primary N) is 1. The number of nitrogens with one attached hydrogen (secondary N) is 1. The zero-order chi connectivity index (χ0) is 9.14. The third-order valence-corrected chi connectivity index (χ3v) is 1.69. The van der Waals surface area contributed by atoms with E-state index in [0.29, 0.717) is 5.75 Å². The Bertz CT molecular complexity index is 268. The molecule has 1 aromatic rings. The second-order valence-corrected chi connectivity index (χ2v) is 2.52. The van der Waals surface area contributed by atoms with Crippen LogP contribution in [-0.4, -0.2) is 7.11 Å². The highest BCUT2D eigenvalue weighted by Crippen LogP contribution is 2.29. The molecule has 0 spiro atoms. The van der Waals surface area contributed by atoms with Gasteiger partial charge in [-0.2, -0.15) is 0 Å². The number of rotatable bonds is 2. The zero-order valence-corrected chi connectivity index (χ0v) is 7.15. The van der Waals surface area contributed by atoms with Crippen molar-refractivity contribution in [2.75, 3.05) is 12.5 Å². The fourth-order valence-electron chi connectivity index (χ4n) is 0.796. The van der Waals surface area contributed by atoms with Gasteiger partial charge >= 0.3 is 0 Å². The maximum atomic E-state index is 12.9. The average Bonchev–Trinajstić information content (AvgIpc) is 2.05. The standard InChI is InChI=1S/C7H8ClFN2O/c1-12-7-3-6(11-10)5(9)2-4(7)8/h2-3,11H,10H2,1H3. The monoisotopic (exact) mass is 190 g/mol. The van der Waals surface area contributed by atoms with E-state index in [1.54, 1.807) is 0 Å². The van der Waals surface area contributed by atoms with Crippen molar-refractivity contribution in [3.63, 3.8) is 0 Å². The molecule has 0 saturated heterocycles. The predicted octanol–water partition coefficient (Wildman–Crippen LogP) is 1.77. The van der Waals surface area contributed by atoms with Crippen molar-refractivity contribution in [1.29, 1.82) is 0 Å². The number of ether oxygens (including phenoxy) is 1. The molecule has 66 valence electrons. The van der Waals surface area contributed by atoms with Crippen molar-refractivity contribution >= 4 is 17.3 Å². The second kappa shape index (κ2) is 3.60. The Morgan fingerprint density at radius 3 is 2.75 bits per heavy atom. The van der Waals surface area contributed by atoms with E-state index < -0.39 is 5.82 Å². The van der Waals surface area contributed by atoms with Crippen LogP contribution in [0.15, 0.2) is 12.1 Å². The molecular formula is C7H8ClFN2O. The summed E-state index contributed by atoms with van der Waals surface area (Å²) < 4.78 is 17.7. The largest absolute Gasteiger partial charge is 0.495 e. The summed E-state index contributed by atoms with van der Waals surface area (Å²) in [6.07, 6.45) is 0. The van der Waals surface area contributed by atoms with Crippen molar-refractivity contribution in [3.05, 3.63) is 23.0 Å². The molecule has 0 heterocycles. The molecular weight excluding hydrogens is 183 g/mol. The number of methoxy groups -OCH3 is 1. The Morgan fingerprint density at radius 2 is 2.25 bits per heavy atom. The van der Waals surface area contributed by atoms with Gasteiger partial charge in [-0.1, -0.05) is 11.6 Å². The Labute approximate surface area is 74.2 Å². The maximum absolute atomic E-state index is 12.9. The quantitative estimate of drug-likeness (QED) is 0.552. The van der Waals surface area contributed by atoms with Crippen molar-refractivity contribution < 1.29 is 9.13 Å². The molecule has 0 radical (unpaired) electrons. The zero-order valence-electron chi connectivity index (χ0n) is 6.40. The molecule has 0 aliphatic carbocycles. The molecule has 0 saturated carbocycles. The second-order valence-electron chi connectivity index (χ2n) is 2.11. The first-order valence-corrected chi connectivity index (χ1v) is 3.56. The summed E-state index contributed by atoms with van der Waals surface area (Å²) in [6.45, 7) is 0. The van der Waals surface area contributed by atoms with E-state index in [1.165, 1.54) is 13.2 Å². The van der Waals surface area contributed by atoms with Crippen LogP contribution in [0.4, 0.5) is 10.1 Å². The van der Waals surface area contributed by atoms with E-state index in [-0.39, 0.29) is 10.7 Å². The fraction of sp³-hybridized carbons (Fsp3) is 0.143. The van der Waals surface area contributed by atoms with E-state index >= 15 is 0 Å². The van der Waals surface area contributed by atoms with E-state index in [1.807, 2.05) is 0 Å². The number of nitrogen functional groups attached to an aromatic ring is 1. The molecule has 0 amide bonds. The van der Waals surface area contributed by atoms with Gasteiger partial charge in [-0.25, -0.2) is 4.39 Å². The van der Waals surface area contributed by atoms with Crippen molar-refractivity contribution in [2.24, 2.45) is 5.84 Å². The minimum Gasteiger partial charge on any atom is -0.495 e. The highest BCUT2D eigenvalue weighted by atomic mass is 35.5. The van der Waals surface area contributed by atoms with Gasteiger partial charge in [0, 0.05) is 6.07 Å². The van der Waals surface area contributed by atoms with E-state index in [4.69, 9.17) is 22.2 Å². The smallest absolute Gasteiger partial charge is 0.149 e. The third-order valence-electron chi connectivity index (χ3n) is 1.40. The predicted molar refractivity (Wildman–Crippen MR) is 45.8 cm³/mol. The molecule has 5 heteroatoms. The van der Waals surface area contributed by atoms with Crippen LogP contribution < -0.4 is 16.0 Å². The molecule has 12 heavy (non-hydrogen) atoms. The topological polar surface area (TPSA) is 47.3 Å². The summed E-state index contributed by atoms with van der Waals surface area (Å²) >= 11 is 5.62. The normalized spacial score (nSPS) is 9.67. The van der Waals surface area contributed by atoms with E-state index in [2.05, 4.69) is 5.43 Å². The van der Waals surface area contributed by atoms with Gasteiger partial charge in [0.15, 0.2) is 0 Å². The van der Waals surface area contributed by atoms with Gasteiger partial charge in [-0.3, -0.25) is 5.84 Å². The summed E-state index contributed by atoms with van der Waals surface area (Å²) in [5.41, 5.74) is 2.33. The molecule has 1 aromatic carbocycles. The third kappa shape index (κ3) is 1.60. The minimum atomic E-state index is -0.511. The summed E-state index contributed by atoms with van der Waals surface area (Å²) in [5.74, 6) is 4.91. The molecule has 0 unspecified atom stereocenters. The van der Waals surface area contributed by atoms with Gasteiger partial charge in [-0.15, -0.1) is 0 Å². The van der Waals surface area contributed by atoms with Gasteiger partial charge < -0.3 is 10.2 Å². The van der Waals surface area contributed by atoms with Crippen LogP contribution in [0.1, 0.15) is 0 Å². The lowest BCUT2D eigenvalue weighted by Gasteiger charge is -2.06. The number of hydrazine groups is 1. The van der Waals surface area contributed by atoms with Crippen LogP contribution in [0.5, 0.6) is 5.75 Å². The molecule has 1 rings (SSSR count). The number of hydrogen-bond acceptors (Lipinski definition) is 3. The average molecular weight is 191 g/mol. The Morgan fingerprint density at radius 1 is 1.58 bits per heavy atom. The SMILES string of the molecule is COc1cc(NN)c(F)cc1Cl. The van der Waals surface area contributed by atoms with Crippen molar-refractivity contribution in [2.45, 2.75) is 0 Å². The fourth-order valence-corrected chi connectivity index (χ4v) is 1.02. The first kappa shape index (κ1) is 9.09. The first-order chi connectivity index (χ1) is 5.69. The summed E-state index contributed by atoms with van der Waals surface area (Å²) in [7, 11) is 1.44. The highest BCUT2D eigenvalue weighted by Gasteiger charge is 2.07. The van der Waals surface area contributed by atoms with Gasteiger partial charge in [0.2, 0.25) is 0 Å². The molecule has 0 aromatic heterocycles. The van der Waals surface area contributed by atoms with Crippen LogP contribution in [-0.2, 0) is 0 Å². The molecule has 3 nitrogen and oxygen atoms in total. The molecule has 0 bridgehead atoms. The van der Waals surface area contributed by atoms with Gasteiger partial charge in [0.1, 0.15) is 11.6 Å². The Hall–Kier alpha value is -1.00. The Kier molecular flexibility index (Phi) is 2.73. The maximum Gasteiger partial charge on any atom is 0.149 e. The summed E-state index contributed by atoms with van der Waals surface area (Å²) in [5, 5.41) is 0.217. The van der Waals surface area contributed by atoms with Crippen LogP contribution in [0.2, 0.25) is 5.02 Å². The number of benzene rings is 1. The number of hydrogen-bond donors (Lipinski definition) is 2.